The highest BCUT2D eigenvalue weighted by molar-refractivity contribution is 8.14. The van der Waals surface area contributed by atoms with Gasteiger partial charge in [0.05, 0.1) is 19.0 Å². The molecule has 30 heavy (non-hydrogen) atoms. The van der Waals surface area contributed by atoms with E-state index in [4.69, 9.17) is 10.5 Å². The number of carbonyl (C=O) groups excluding carboxylic acids is 1. The molecular weight excluding hydrogens is 417 g/mol. The van der Waals surface area contributed by atoms with Gasteiger partial charge in [0.1, 0.15) is 17.9 Å². The van der Waals surface area contributed by atoms with Gasteiger partial charge in [-0.3, -0.25) is 4.79 Å². The average molecular weight is 436 g/mol. The largest absolute Gasteiger partial charge is 0.480 e. The lowest BCUT2D eigenvalue weighted by Gasteiger charge is -2.31. The molecule has 2 aromatic rings. The zero-order valence-corrected chi connectivity index (χ0v) is 17.1. The van der Waals surface area contributed by atoms with Crippen LogP contribution in [0.1, 0.15) is 33.7 Å². The topological polar surface area (TPSA) is 90.5 Å². The number of carbonyl (C=O) groups is 1. The molecule has 1 aliphatic carbocycles. The Morgan fingerprint density at radius 3 is 2.83 bits per heavy atom. The molecule has 1 saturated carbocycles. The van der Waals surface area contributed by atoms with Crippen LogP contribution in [0, 0.1) is 24.5 Å². The summed E-state index contributed by atoms with van der Waals surface area (Å²) in [6.45, 7) is 0.591. The van der Waals surface area contributed by atoms with Gasteiger partial charge in [0, 0.05) is 23.2 Å². The SMILES string of the molecule is COc1cnc(C(=O)Cc2cc(F)c(F)c([C@@]3(CF)N=C(N)S[C@H]4C[C@H]43)c2)c(C)n1. The predicted molar refractivity (Wildman–Crippen MR) is 106 cm³/mol. The summed E-state index contributed by atoms with van der Waals surface area (Å²) in [6.07, 6.45) is 1.67. The Labute approximate surface area is 175 Å². The maximum absolute atomic E-state index is 14.7. The van der Waals surface area contributed by atoms with E-state index in [1.807, 2.05) is 0 Å². The van der Waals surface area contributed by atoms with Gasteiger partial charge in [0.2, 0.25) is 5.88 Å². The lowest BCUT2D eigenvalue weighted by Crippen LogP contribution is -2.37. The lowest BCUT2D eigenvalue weighted by atomic mass is 9.84. The van der Waals surface area contributed by atoms with Gasteiger partial charge in [-0.15, -0.1) is 0 Å². The number of amidine groups is 1. The second-order valence-electron chi connectivity index (χ2n) is 7.39. The molecule has 10 heteroatoms. The molecular formula is C20H19F3N4O2S. The number of fused-ring (bicyclic) bond motifs is 1. The molecule has 0 bridgehead atoms. The lowest BCUT2D eigenvalue weighted by molar-refractivity contribution is 0.0986. The normalized spacial score (nSPS) is 24.8. The second kappa shape index (κ2) is 7.57. The number of nitrogens with zero attached hydrogens (tertiary/aromatic N) is 3. The number of Topliss-reactive ketones (excluding diaryl/α,β-unsaturated/α-hetero) is 1. The number of benzene rings is 1. The highest BCUT2D eigenvalue weighted by Crippen LogP contribution is 2.58. The average Bonchev–Trinajstić information content (AvgIpc) is 3.49. The van der Waals surface area contributed by atoms with Crippen molar-refractivity contribution in [2.75, 3.05) is 13.8 Å². The van der Waals surface area contributed by atoms with E-state index < -0.39 is 29.6 Å². The summed E-state index contributed by atoms with van der Waals surface area (Å²) in [7, 11) is 1.43. The Balaban J connectivity index is 1.71. The molecule has 1 aromatic carbocycles. The number of alkyl halides is 1. The van der Waals surface area contributed by atoms with Gasteiger partial charge in [-0.1, -0.05) is 11.8 Å². The van der Waals surface area contributed by atoms with Crippen molar-refractivity contribution in [3.8, 4) is 5.88 Å². The number of aromatic nitrogens is 2. The van der Waals surface area contributed by atoms with E-state index in [9.17, 15) is 18.0 Å². The molecule has 1 fully saturated rings. The first-order valence-electron chi connectivity index (χ1n) is 9.26. The van der Waals surface area contributed by atoms with Crippen LogP contribution in [-0.4, -0.2) is 40.0 Å². The van der Waals surface area contributed by atoms with Crippen LogP contribution in [0.15, 0.2) is 23.3 Å². The maximum atomic E-state index is 14.7. The molecule has 1 aromatic heterocycles. The third kappa shape index (κ3) is 3.42. The third-order valence-corrected chi connectivity index (χ3v) is 6.60. The highest BCUT2D eigenvalue weighted by Gasteiger charge is 2.58. The summed E-state index contributed by atoms with van der Waals surface area (Å²) < 4.78 is 48.4. The van der Waals surface area contributed by atoms with Gasteiger partial charge in [-0.25, -0.2) is 28.1 Å². The van der Waals surface area contributed by atoms with Crippen molar-refractivity contribution >= 4 is 22.7 Å². The molecule has 6 nitrogen and oxygen atoms in total. The number of nitrogens with two attached hydrogens (primary N) is 1. The second-order valence-corrected chi connectivity index (χ2v) is 8.65. The van der Waals surface area contributed by atoms with Crippen LogP contribution in [0.2, 0.25) is 0 Å². The summed E-state index contributed by atoms with van der Waals surface area (Å²) >= 11 is 1.32. The molecule has 0 radical (unpaired) electrons. The monoisotopic (exact) mass is 436 g/mol. The minimum absolute atomic E-state index is 0.0308. The van der Waals surface area contributed by atoms with E-state index in [1.54, 1.807) is 6.92 Å². The number of halogens is 3. The summed E-state index contributed by atoms with van der Waals surface area (Å²) in [5.41, 5.74) is 4.68. The zero-order chi connectivity index (χ0) is 21.6. The molecule has 0 amide bonds. The first kappa shape index (κ1) is 20.6. The van der Waals surface area contributed by atoms with Crippen LogP contribution in [0.4, 0.5) is 13.2 Å². The van der Waals surface area contributed by atoms with E-state index in [0.717, 1.165) is 6.07 Å². The Kier molecular flexibility index (Phi) is 5.21. The van der Waals surface area contributed by atoms with Crippen LogP contribution >= 0.6 is 11.8 Å². The molecule has 3 atom stereocenters. The van der Waals surface area contributed by atoms with E-state index >= 15 is 0 Å². The smallest absolute Gasteiger partial charge is 0.232 e. The van der Waals surface area contributed by atoms with E-state index in [0.29, 0.717) is 12.1 Å². The van der Waals surface area contributed by atoms with Crippen LogP contribution < -0.4 is 10.5 Å². The first-order valence-corrected chi connectivity index (χ1v) is 10.1. The van der Waals surface area contributed by atoms with Crippen molar-refractivity contribution in [2.45, 2.75) is 30.6 Å². The molecule has 1 aliphatic heterocycles. The molecule has 0 unspecified atom stereocenters. The van der Waals surface area contributed by atoms with Crippen molar-refractivity contribution in [3.63, 3.8) is 0 Å². The highest BCUT2D eigenvalue weighted by atomic mass is 32.2. The fraction of sp³-hybridized carbons (Fsp3) is 0.400. The van der Waals surface area contributed by atoms with Crippen LogP contribution in [-0.2, 0) is 12.0 Å². The van der Waals surface area contributed by atoms with Crippen LogP contribution in [0.5, 0.6) is 5.88 Å². The molecule has 2 N–H and O–H groups in total. The van der Waals surface area contributed by atoms with Crippen LogP contribution in [0.3, 0.4) is 0 Å². The molecule has 2 heterocycles. The summed E-state index contributed by atoms with van der Waals surface area (Å²) in [4.78, 5) is 25.1. The van der Waals surface area contributed by atoms with Crippen molar-refractivity contribution in [3.05, 3.63) is 52.5 Å². The molecule has 158 valence electrons. The summed E-state index contributed by atoms with van der Waals surface area (Å²) in [6, 6.07) is 2.24. The number of aliphatic imine (C=N–C) groups is 1. The third-order valence-electron chi connectivity index (χ3n) is 5.45. The molecule has 0 saturated heterocycles. The number of ether oxygens (including phenoxy) is 1. The summed E-state index contributed by atoms with van der Waals surface area (Å²) in [5.74, 6) is -2.77. The van der Waals surface area contributed by atoms with Gasteiger partial charge >= 0.3 is 0 Å². The fourth-order valence-electron chi connectivity index (χ4n) is 3.89. The molecule has 0 spiro atoms. The van der Waals surface area contributed by atoms with Gasteiger partial charge in [0.15, 0.2) is 22.6 Å². The molecule has 2 aliphatic rings. The van der Waals surface area contributed by atoms with Gasteiger partial charge < -0.3 is 10.5 Å². The van der Waals surface area contributed by atoms with Crippen molar-refractivity contribution in [1.29, 1.82) is 0 Å². The number of hydrogen-bond acceptors (Lipinski definition) is 7. The Morgan fingerprint density at radius 2 is 2.17 bits per heavy atom. The maximum Gasteiger partial charge on any atom is 0.232 e. The van der Waals surface area contributed by atoms with E-state index in [1.165, 1.54) is 31.1 Å². The van der Waals surface area contributed by atoms with Crippen molar-refractivity contribution < 1.29 is 22.7 Å². The van der Waals surface area contributed by atoms with Gasteiger partial charge in [-0.05, 0) is 31.0 Å². The number of methoxy groups -OCH3 is 1. The number of thioether (sulfide) groups is 1. The van der Waals surface area contributed by atoms with E-state index in [2.05, 4.69) is 15.0 Å². The first-order chi connectivity index (χ1) is 14.3. The number of aryl methyl sites for hydroxylation is 1. The van der Waals surface area contributed by atoms with Gasteiger partial charge in [-0.2, -0.15) is 0 Å². The zero-order valence-electron chi connectivity index (χ0n) is 16.3. The Hall–Kier alpha value is -2.62. The molecule has 4 rings (SSSR count). The van der Waals surface area contributed by atoms with Crippen molar-refractivity contribution in [1.82, 2.24) is 9.97 Å². The Bertz CT molecular complexity index is 1060. The number of rotatable bonds is 6. The quantitative estimate of drug-likeness (QED) is 0.700. The van der Waals surface area contributed by atoms with Crippen LogP contribution in [0.25, 0.3) is 0 Å². The number of hydrogen-bond donors (Lipinski definition) is 1. The fourth-order valence-corrected chi connectivity index (χ4v) is 5.11. The predicted octanol–water partition coefficient (Wildman–Crippen LogP) is 3.11. The minimum Gasteiger partial charge on any atom is -0.480 e. The Morgan fingerprint density at radius 1 is 1.40 bits per heavy atom. The van der Waals surface area contributed by atoms with E-state index in [-0.39, 0.29) is 45.5 Å². The van der Waals surface area contributed by atoms with Crippen molar-refractivity contribution in [2.24, 2.45) is 16.6 Å². The number of ketones is 1. The minimum atomic E-state index is -1.57. The summed E-state index contributed by atoms with van der Waals surface area (Å²) in [5, 5.41) is 0.181. The standard InChI is InChI=1S/C20H19F3N4O2S/c1-9-18(25-7-16(26-9)29-2)14(28)5-10-3-12(17(23)13(22)4-10)20(8-21)11-6-15(11)30-19(24)27-20/h3-4,7,11,15H,5-6,8H2,1-2H3,(H2,24,27)/t11-,15+,20+/m1/s1. The van der Waals surface area contributed by atoms with Gasteiger partial charge in [0.25, 0.3) is 0 Å².